The van der Waals surface area contributed by atoms with Gasteiger partial charge in [0.25, 0.3) is 5.56 Å². The number of nitrogens with one attached hydrogen (secondary N) is 1. The van der Waals surface area contributed by atoms with E-state index in [0.29, 0.717) is 5.39 Å². The van der Waals surface area contributed by atoms with E-state index in [1.165, 1.54) is 15.8 Å². The largest absolute Gasteiger partial charge is 0.324 e. The summed E-state index contributed by atoms with van der Waals surface area (Å²) in [6.45, 7) is 5.96. The Morgan fingerprint density at radius 3 is 2.69 bits per heavy atom. The van der Waals surface area contributed by atoms with Crippen LogP contribution in [0.4, 0.5) is 5.69 Å². The molecule has 5 nitrogen and oxygen atoms in total. The van der Waals surface area contributed by atoms with Gasteiger partial charge in [-0.3, -0.25) is 14.2 Å². The van der Waals surface area contributed by atoms with E-state index < -0.39 is 0 Å². The average Bonchev–Trinajstić information content (AvgIpc) is 3.14. The molecule has 1 aliphatic carbocycles. The van der Waals surface area contributed by atoms with Crippen LogP contribution in [0.15, 0.2) is 23.3 Å². The maximum absolute atomic E-state index is 12.9. The van der Waals surface area contributed by atoms with Crippen molar-refractivity contribution in [2.24, 2.45) is 0 Å². The highest BCUT2D eigenvalue weighted by molar-refractivity contribution is 7.18. The topological polar surface area (TPSA) is 64.0 Å². The number of anilines is 1. The zero-order valence-corrected chi connectivity index (χ0v) is 16.0. The van der Waals surface area contributed by atoms with Crippen LogP contribution in [-0.4, -0.2) is 15.5 Å². The van der Waals surface area contributed by atoms with Crippen LogP contribution in [0.3, 0.4) is 0 Å². The first-order valence-electron chi connectivity index (χ1n) is 8.81. The first-order valence-corrected chi connectivity index (χ1v) is 9.63. The summed E-state index contributed by atoms with van der Waals surface area (Å²) < 4.78 is 1.42. The van der Waals surface area contributed by atoms with E-state index in [9.17, 15) is 9.59 Å². The average molecular weight is 367 g/mol. The molecule has 2 heterocycles. The zero-order chi connectivity index (χ0) is 18.4. The van der Waals surface area contributed by atoms with Crippen LogP contribution < -0.4 is 10.9 Å². The zero-order valence-electron chi connectivity index (χ0n) is 15.2. The van der Waals surface area contributed by atoms with E-state index in [2.05, 4.69) is 10.3 Å². The minimum Gasteiger partial charge on any atom is -0.324 e. The fourth-order valence-electron chi connectivity index (χ4n) is 3.84. The lowest BCUT2D eigenvalue weighted by atomic mass is 10.1. The monoisotopic (exact) mass is 367 g/mol. The Balaban J connectivity index is 1.63. The quantitative estimate of drug-likeness (QED) is 0.770. The number of aryl methyl sites for hydroxylation is 5. The lowest BCUT2D eigenvalue weighted by Gasteiger charge is -2.13. The van der Waals surface area contributed by atoms with Gasteiger partial charge in [0.15, 0.2) is 0 Å². The Hall–Kier alpha value is -2.47. The van der Waals surface area contributed by atoms with E-state index in [-0.39, 0.29) is 18.0 Å². The van der Waals surface area contributed by atoms with Crippen LogP contribution >= 0.6 is 11.3 Å². The molecule has 1 aromatic carbocycles. The van der Waals surface area contributed by atoms with Crippen LogP contribution in [0.5, 0.6) is 0 Å². The standard InChI is InChI=1S/C20H21N3O2S/c1-11-7-12(2)18(13(3)8-11)22-16(24)9-23-10-21-19-17(20(23)25)14-5-4-6-15(14)26-19/h7-8,10H,4-6,9H2,1-3H3,(H,22,24). The molecule has 0 bridgehead atoms. The molecule has 1 amide bonds. The van der Waals surface area contributed by atoms with Gasteiger partial charge in [0.1, 0.15) is 11.4 Å². The summed E-state index contributed by atoms with van der Waals surface area (Å²) in [5, 5.41) is 3.66. The number of aromatic nitrogens is 2. The summed E-state index contributed by atoms with van der Waals surface area (Å²) in [4.78, 5) is 31.9. The summed E-state index contributed by atoms with van der Waals surface area (Å²) in [5.74, 6) is -0.213. The van der Waals surface area contributed by atoms with Crippen molar-refractivity contribution in [3.63, 3.8) is 0 Å². The molecule has 0 fully saturated rings. The molecule has 0 unspecified atom stereocenters. The number of nitrogens with zero attached hydrogens (tertiary/aromatic N) is 2. The van der Waals surface area contributed by atoms with Gasteiger partial charge in [0.2, 0.25) is 5.91 Å². The number of carbonyl (C=O) groups is 1. The summed E-state index contributed by atoms with van der Waals surface area (Å²) in [5.41, 5.74) is 5.05. The van der Waals surface area contributed by atoms with Crippen molar-refractivity contribution in [2.75, 3.05) is 5.32 Å². The van der Waals surface area contributed by atoms with Crippen LogP contribution in [0, 0.1) is 20.8 Å². The third kappa shape index (κ3) is 2.84. The molecule has 134 valence electrons. The Bertz CT molecular complexity index is 1070. The molecule has 26 heavy (non-hydrogen) atoms. The number of hydrogen-bond acceptors (Lipinski definition) is 4. The number of amides is 1. The molecule has 4 rings (SSSR count). The van der Waals surface area contributed by atoms with Gasteiger partial charge >= 0.3 is 0 Å². The van der Waals surface area contributed by atoms with Crippen LogP contribution in [0.2, 0.25) is 0 Å². The maximum atomic E-state index is 12.9. The predicted octanol–water partition coefficient (Wildman–Crippen LogP) is 3.51. The first-order chi connectivity index (χ1) is 12.4. The SMILES string of the molecule is Cc1cc(C)c(NC(=O)Cn2cnc3sc4c(c3c2=O)CCC4)c(C)c1. The van der Waals surface area contributed by atoms with E-state index in [0.717, 1.165) is 52.0 Å². The van der Waals surface area contributed by atoms with Crippen molar-refractivity contribution in [1.82, 2.24) is 9.55 Å². The minimum absolute atomic E-state index is 0.0286. The molecule has 0 saturated heterocycles. The Morgan fingerprint density at radius 1 is 1.23 bits per heavy atom. The lowest BCUT2D eigenvalue weighted by molar-refractivity contribution is -0.116. The molecule has 0 atom stereocenters. The molecule has 0 saturated carbocycles. The van der Waals surface area contributed by atoms with Crippen molar-refractivity contribution in [3.8, 4) is 0 Å². The molecular formula is C20H21N3O2S. The molecule has 1 aliphatic rings. The Kier molecular flexibility index (Phi) is 4.15. The molecule has 6 heteroatoms. The fourth-order valence-corrected chi connectivity index (χ4v) is 5.06. The highest BCUT2D eigenvalue weighted by Crippen LogP contribution is 2.34. The van der Waals surface area contributed by atoms with Crippen molar-refractivity contribution in [3.05, 3.63) is 55.9 Å². The summed E-state index contributed by atoms with van der Waals surface area (Å²) in [6, 6.07) is 4.08. The molecular weight excluding hydrogens is 346 g/mol. The number of fused-ring (bicyclic) bond motifs is 3. The Morgan fingerprint density at radius 2 is 1.96 bits per heavy atom. The van der Waals surface area contributed by atoms with Crippen molar-refractivity contribution >= 4 is 33.1 Å². The van der Waals surface area contributed by atoms with E-state index in [1.54, 1.807) is 11.3 Å². The van der Waals surface area contributed by atoms with Gasteiger partial charge in [0, 0.05) is 10.6 Å². The van der Waals surface area contributed by atoms with E-state index in [4.69, 9.17) is 0 Å². The van der Waals surface area contributed by atoms with Crippen molar-refractivity contribution in [2.45, 2.75) is 46.6 Å². The second-order valence-electron chi connectivity index (χ2n) is 7.04. The molecule has 0 spiro atoms. The number of carbonyl (C=O) groups excluding carboxylic acids is 1. The van der Waals surface area contributed by atoms with E-state index >= 15 is 0 Å². The fraction of sp³-hybridized carbons (Fsp3) is 0.350. The van der Waals surface area contributed by atoms with Gasteiger partial charge in [-0.25, -0.2) is 4.98 Å². The number of benzene rings is 1. The summed E-state index contributed by atoms with van der Waals surface area (Å²) >= 11 is 1.61. The summed E-state index contributed by atoms with van der Waals surface area (Å²) in [6.07, 6.45) is 4.55. The molecule has 2 aromatic heterocycles. The highest BCUT2D eigenvalue weighted by Gasteiger charge is 2.21. The van der Waals surface area contributed by atoms with E-state index in [1.807, 2.05) is 32.9 Å². The molecule has 0 aliphatic heterocycles. The molecule has 0 radical (unpaired) electrons. The van der Waals surface area contributed by atoms with Crippen LogP contribution in [0.1, 0.15) is 33.6 Å². The van der Waals surface area contributed by atoms with Crippen LogP contribution in [0.25, 0.3) is 10.2 Å². The minimum atomic E-state index is -0.213. The number of thiophene rings is 1. The van der Waals surface area contributed by atoms with Gasteiger partial charge < -0.3 is 5.32 Å². The maximum Gasteiger partial charge on any atom is 0.262 e. The van der Waals surface area contributed by atoms with Gasteiger partial charge in [-0.05, 0) is 56.7 Å². The predicted molar refractivity (Wildman–Crippen MR) is 105 cm³/mol. The normalized spacial score (nSPS) is 13.2. The Labute approximate surface area is 155 Å². The van der Waals surface area contributed by atoms with Crippen molar-refractivity contribution in [1.29, 1.82) is 0 Å². The van der Waals surface area contributed by atoms with Crippen LogP contribution in [-0.2, 0) is 24.2 Å². The number of rotatable bonds is 3. The van der Waals surface area contributed by atoms with Gasteiger partial charge in [-0.2, -0.15) is 0 Å². The summed E-state index contributed by atoms with van der Waals surface area (Å²) in [7, 11) is 0. The second kappa shape index (κ2) is 6.36. The highest BCUT2D eigenvalue weighted by atomic mass is 32.1. The number of hydrogen-bond donors (Lipinski definition) is 1. The third-order valence-electron chi connectivity index (χ3n) is 4.95. The first kappa shape index (κ1) is 17.0. The third-order valence-corrected chi connectivity index (χ3v) is 6.15. The van der Waals surface area contributed by atoms with Gasteiger partial charge in [-0.1, -0.05) is 17.7 Å². The van der Waals surface area contributed by atoms with Gasteiger partial charge in [-0.15, -0.1) is 11.3 Å². The molecule has 3 aromatic rings. The smallest absolute Gasteiger partial charge is 0.262 e. The van der Waals surface area contributed by atoms with Gasteiger partial charge in [0.05, 0.1) is 11.7 Å². The molecule has 1 N–H and O–H groups in total. The lowest BCUT2D eigenvalue weighted by Crippen LogP contribution is -2.28. The second-order valence-corrected chi connectivity index (χ2v) is 8.12. The van der Waals surface area contributed by atoms with Crippen molar-refractivity contribution < 1.29 is 4.79 Å².